The Kier molecular flexibility index (Phi) is 4.44. The van der Waals surface area contributed by atoms with Crippen molar-refractivity contribution in [3.63, 3.8) is 0 Å². The molecule has 0 spiro atoms. The molecule has 2 fully saturated rings. The summed E-state index contributed by atoms with van der Waals surface area (Å²) in [6, 6.07) is 8.19. The Bertz CT molecular complexity index is 818. The molecule has 3 aliphatic rings. The third kappa shape index (κ3) is 3.50. The standard InChI is InChI=1S/C21H27N5O/c27-21(18-6-4-16(5-7-18)14-24-10-2-1-3-11-24)25-12-13-26-19(15-25)22-23-20(26)17-8-9-17/h4-7,17H,1-3,8-15H2. The molecule has 0 bridgehead atoms. The molecular weight excluding hydrogens is 338 g/mol. The molecule has 1 aliphatic carbocycles. The number of likely N-dealkylation sites (tertiary alicyclic amines) is 1. The molecule has 1 saturated heterocycles. The van der Waals surface area contributed by atoms with Crippen LogP contribution >= 0.6 is 0 Å². The third-order valence-corrected chi connectivity index (χ3v) is 6.07. The van der Waals surface area contributed by atoms with Gasteiger partial charge < -0.3 is 9.47 Å². The van der Waals surface area contributed by atoms with Gasteiger partial charge in [0.1, 0.15) is 5.82 Å². The number of rotatable bonds is 4. The Hall–Kier alpha value is -2.21. The second-order valence-corrected chi connectivity index (χ2v) is 8.16. The fraction of sp³-hybridized carbons (Fsp3) is 0.571. The quantitative estimate of drug-likeness (QED) is 0.836. The smallest absolute Gasteiger partial charge is 0.254 e. The van der Waals surface area contributed by atoms with Crippen LogP contribution in [-0.4, -0.2) is 50.1 Å². The van der Waals surface area contributed by atoms with Crippen molar-refractivity contribution in [3.05, 3.63) is 47.0 Å². The molecule has 27 heavy (non-hydrogen) atoms. The van der Waals surface area contributed by atoms with Crippen LogP contribution in [0.1, 0.15) is 65.6 Å². The number of fused-ring (bicyclic) bond motifs is 1. The second kappa shape index (κ2) is 7.08. The predicted molar refractivity (Wildman–Crippen MR) is 102 cm³/mol. The van der Waals surface area contributed by atoms with E-state index in [0.717, 1.165) is 36.8 Å². The van der Waals surface area contributed by atoms with Crippen LogP contribution in [0.25, 0.3) is 0 Å². The number of carbonyl (C=O) groups excluding carboxylic acids is 1. The zero-order valence-electron chi connectivity index (χ0n) is 15.8. The van der Waals surface area contributed by atoms with E-state index in [9.17, 15) is 4.79 Å². The summed E-state index contributed by atoms with van der Waals surface area (Å²) < 4.78 is 2.23. The van der Waals surface area contributed by atoms with Gasteiger partial charge in [-0.2, -0.15) is 0 Å². The number of hydrogen-bond acceptors (Lipinski definition) is 4. The molecule has 5 rings (SSSR count). The lowest BCUT2D eigenvalue weighted by Crippen LogP contribution is -2.38. The average Bonchev–Trinajstić information content (AvgIpc) is 3.47. The maximum atomic E-state index is 12.9. The molecule has 1 amide bonds. The minimum Gasteiger partial charge on any atom is -0.329 e. The van der Waals surface area contributed by atoms with Crippen LogP contribution in [0.5, 0.6) is 0 Å². The van der Waals surface area contributed by atoms with Crippen LogP contribution in [-0.2, 0) is 19.6 Å². The normalized spacial score (nSPS) is 20.5. The van der Waals surface area contributed by atoms with Crippen molar-refractivity contribution in [3.8, 4) is 0 Å². The molecule has 2 aromatic rings. The molecule has 0 unspecified atom stereocenters. The summed E-state index contributed by atoms with van der Waals surface area (Å²) in [4.78, 5) is 17.3. The summed E-state index contributed by atoms with van der Waals surface area (Å²) in [5.41, 5.74) is 2.06. The number of benzene rings is 1. The Morgan fingerprint density at radius 3 is 2.48 bits per heavy atom. The van der Waals surface area contributed by atoms with Gasteiger partial charge in [0.2, 0.25) is 0 Å². The zero-order valence-corrected chi connectivity index (χ0v) is 15.8. The Morgan fingerprint density at radius 2 is 1.74 bits per heavy atom. The van der Waals surface area contributed by atoms with Crippen molar-refractivity contribution < 1.29 is 4.79 Å². The van der Waals surface area contributed by atoms with Crippen molar-refractivity contribution in [1.82, 2.24) is 24.6 Å². The van der Waals surface area contributed by atoms with E-state index in [1.165, 1.54) is 50.8 Å². The molecule has 1 aromatic carbocycles. The molecule has 6 heteroatoms. The highest BCUT2D eigenvalue weighted by atomic mass is 16.2. The molecule has 1 aromatic heterocycles. The molecule has 0 N–H and O–H groups in total. The van der Waals surface area contributed by atoms with Gasteiger partial charge in [-0.15, -0.1) is 10.2 Å². The second-order valence-electron chi connectivity index (χ2n) is 8.16. The van der Waals surface area contributed by atoms with Gasteiger partial charge in [0, 0.05) is 31.1 Å². The van der Waals surface area contributed by atoms with E-state index in [1.54, 1.807) is 0 Å². The van der Waals surface area contributed by atoms with Gasteiger partial charge >= 0.3 is 0 Å². The number of amides is 1. The molecule has 2 aliphatic heterocycles. The van der Waals surface area contributed by atoms with Crippen molar-refractivity contribution >= 4 is 5.91 Å². The largest absolute Gasteiger partial charge is 0.329 e. The van der Waals surface area contributed by atoms with E-state index < -0.39 is 0 Å². The van der Waals surface area contributed by atoms with Crippen LogP contribution in [0.4, 0.5) is 0 Å². The fourth-order valence-corrected chi connectivity index (χ4v) is 4.31. The lowest BCUT2D eigenvalue weighted by Gasteiger charge is -2.28. The van der Waals surface area contributed by atoms with E-state index in [-0.39, 0.29) is 5.91 Å². The molecule has 0 atom stereocenters. The predicted octanol–water partition coefficient (Wildman–Crippen LogP) is 2.80. The zero-order chi connectivity index (χ0) is 18.2. The topological polar surface area (TPSA) is 54.3 Å². The molecule has 0 radical (unpaired) electrons. The molecule has 1 saturated carbocycles. The SMILES string of the molecule is O=C(c1ccc(CN2CCCCC2)cc1)N1CCn2c(nnc2C2CC2)C1. The highest BCUT2D eigenvalue weighted by Crippen LogP contribution is 2.39. The summed E-state index contributed by atoms with van der Waals surface area (Å²) in [5, 5.41) is 8.70. The Morgan fingerprint density at radius 1 is 0.963 bits per heavy atom. The minimum absolute atomic E-state index is 0.0988. The highest BCUT2D eigenvalue weighted by molar-refractivity contribution is 5.94. The van der Waals surface area contributed by atoms with Gasteiger partial charge in [0.05, 0.1) is 6.54 Å². The summed E-state index contributed by atoms with van der Waals surface area (Å²) in [6.45, 7) is 5.49. The van der Waals surface area contributed by atoms with Gasteiger partial charge in [0.15, 0.2) is 5.82 Å². The first-order valence-electron chi connectivity index (χ1n) is 10.3. The van der Waals surface area contributed by atoms with Crippen LogP contribution < -0.4 is 0 Å². The van der Waals surface area contributed by atoms with Gasteiger partial charge in [-0.3, -0.25) is 9.69 Å². The number of hydrogen-bond donors (Lipinski definition) is 0. The van der Waals surface area contributed by atoms with Crippen molar-refractivity contribution in [2.45, 2.75) is 57.7 Å². The molecule has 6 nitrogen and oxygen atoms in total. The average molecular weight is 365 g/mol. The van der Waals surface area contributed by atoms with E-state index in [1.807, 2.05) is 17.0 Å². The van der Waals surface area contributed by atoms with Crippen LogP contribution in [0, 0.1) is 0 Å². The van der Waals surface area contributed by atoms with Gasteiger partial charge in [-0.05, 0) is 56.5 Å². The number of nitrogens with zero attached hydrogens (tertiary/aromatic N) is 5. The first-order valence-corrected chi connectivity index (χ1v) is 10.3. The van der Waals surface area contributed by atoms with E-state index in [4.69, 9.17) is 0 Å². The highest BCUT2D eigenvalue weighted by Gasteiger charge is 2.33. The number of piperidine rings is 1. The number of aromatic nitrogens is 3. The van der Waals surface area contributed by atoms with E-state index >= 15 is 0 Å². The lowest BCUT2D eigenvalue weighted by molar-refractivity contribution is 0.0706. The van der Waals surface area contributed by atoms with Crippen molar-refractivity contribution in [1.29, 1.82) is 0 Å². The maximum absolute atomic E-state index is 12.9. The molecule has 142 valence electrons. The van der Waals surface area contributed by atoms with Gasteiger partial charge in [-0.25, -0.2) is 0 Å². The van der Waals surface area contributed by atoms with E-state index in [2.05, 4.69) is 31.8 Å². The first kappa shape index (κ1) is 16.9. The summed E-state index contributed by atoms with van der Waals surface area (Å²) in [5.74, 6) is 2.75. The summed E-state index contributed by atoms with van der Waals surface area (Å²) >= 11 is 0. The number of carbonyl (C=O) groups is 1. The van der Waals surface area contributed by atoms with E-state index in [0.29, 0.717) is 12.5 Å². The fourth-order valence-electron chi connectivity index (χ4n) is 4.31. The van der Waals surface area contributed by atoms with Gasteiger partial charge in [0.25, 0.3) is 5.91 Å². The maximum Gasteiger partial charge on any atom is 0.254 e. The van der Waals surface area contributed by atoms with Crippen LogP contribution in [0.15, 0.2) is 24.3 Å². The van der Waals surface area contributed by atoms with Crippen molar-refractivity contribution in [2.75, 3.05) is 19.6 Å². The minimum atomic E-state index is 0.0988. The Labute approximate surface area is 160 Å². The van der Waals surface area contributed by atoms with Crippen LogP contribution in [0.2, 0.25) is 0 Å². The third-order valence-electron chi connectivity index (χ3n) is 6.07. The monoisotopic (exact) mass is 365 g/mol. The van der Waals surface area contributed by atoms with Crippen LogP contribution in [0.3, 0.4) is 0 Å². The van der Waals surface area contributed by atoms with Gasteiger partial charge in [-0.1, -0.05) is 18.6 Å². The Balaban J connectivity index is 1.24. The lowest BCUT2D eigenvalue weighted by atomic mass is 10.1. The first-order chi connectivity index (χ1) is 13.3. The molecular formula is C21H27N5O. The summed E-state index contributed by atoms with van der Waals surface area (Å²) in [7, 11) is 0. The molecule has 3 heterocycles. The van der Waals surface area contributed by atoms with Crippen molar-refractivity contribution in [2.24, 2.45) is 0 Å². The summed E-state index contributed by atoms with van der Waals surface area (Å²) in [6.07, 6.45) is 6.42.